The molecule has 1 aromatic rings. The van der Waals surface area contributed by atoms with E-state index in [0.717, 1.165) is 12.1 Å². The largest absolute Gasteiger partial charge is 0.481 e. The number of carboxylic acids is 1. The maximum Gasteiger partial charge on any atom is 0.310 e. The number of rotatable bonds is 3. The fraction of sp³-hybridized carbons (Fsp3) is 0.556. The van der Waals surface area contributed by atoms with Crippen LogP contribution in [0, 0.1) is 28.8 Å². The summed E-state index contributed by atoms with van der Waals surface area (Å²) in [6.45, 7) is 1.28. The topological polar surface area (TPSA) is 66.8 Å². The van der Waals surface area contributed by atoms with E-state index in [1.165, 1.54) is 4.90 Å². The lowest BCUT2D eigenvalue weighted by Crippen LogP contribution is -2.49. The number of piperidine rings is 1. The average molecular weight is 371 g/mol. The molecule has 2 saturated heterocycles. The molecule has 0 unspecified atom stereocenters. The summed E-state index contributed by atoms with van der Waals surface area (Å²) in [6, 6.07) is 1.65. The quantitative estimate of drug-likeness (QED) is 0.830. The van der Waals surface area contributed by atoms with E-state index < -0.39 is 40.3 Å². The molecule has 2 aliphatic rings. The van der Waals surface area contributed by atoms with Crippen LogP contribution in [-0.2, 0) is 9.53 Å². The molecule has 0 atom stereocenters. The number of hydrogen-bond acceptors (Lipinski definition) is 3. The third-order valence-corrected chi connectivity index (χ3v) is 5.64. The van der Waals surface area contributed by atoms with Gasteiger partial charge in [-0.3, -0.25) is 9.59 Å². The summed E-state index contributed by atoms with van der Waals surface area (Å²) in [5, 5.41) is 9.72. The van der Waals surface area contributed by atoms with Crippen molar-refractivity contribution in [3.63, 3.8) is 0 Å². The molecule has 1 aromatic carbocycles. The molecule has 1 N–H and O–H groups in total. The number of carboxylic acid groups (broad SMARTS) is 1. The summed E-state index contributed by atoms with van der Waals surface area (Å²) in [4.78, 5) is 25.7. The van der Waals surface area contributed by atoms with Crippen LogP contribution in [-0.4, -0.2) is 48.2 Å². The highest BCUT2D eigenvalue weighted by atomic mass is 19.2. The first-order chi connectivity index (χ1) is 12.4. The van der Waals surface area contributed by atoms with Gasteiger partial charge in [-0.2, -0.15) is 0 Å². The molecule has 0 aliphatic carbocycles. The lowest BCUT2D eigenvalue weighted by atomic mass is 9.66. The molecule has 0 radical (unpaired) electrons. The van der Waals surface area contributed by atoms with Gasteiger partial charge in [0.05, 0.1) is 11.0 Å². The van der Waals surface area contributed by atoms with E-state index in [1.54, 1.807) is 0 Å². The molecule has 2 fully saturated rings. The molecule has 0 saturated carbocycles. The van der Waals surface area contributed by atoms with Gasteiger partial charge in [-0.05, 0) is 43.7 Å². The van der Waals surface area contributed by atoms with E-state index >= 15 is 0 Å². The monoisotopic (exact) mass is 371 g/mol. The Hall–Kier alpha value is -2.09. The Kier molecular flexibility index (Phi) is 5.22. The number of aliphatic carboxylic acids is 1. The zero-order valence-corrected chi connectivity index (χ0v) is 14.1. The Balaban J connectivity index is 1.71. The molecular weight excluding hydrogens is 351 g/mol. The van der Waals surface area contributed by atoms with Crippen LogP contribution in [0.2, 0.25) is 0 Å². The van der Waals surface area contributed by atoms with Crippen LogP contribution in [0.25, 0.3) is 0 Å². The van der Waals surface area contributed by atoms with Crippen molar-refractivity contribution in [3.8, 4) is 0 Å². The van der Waals surface area contributed by atoms with Gasteiger partial charge in [0.2, 0.25) is 0 Å². The number of benzene rings is 1. The Morgan fingerprint density at radius 1 is 1.08 bits per heavy atom. The lowest BCUT2D eigenvalue weighted by Gasteiger charge is -2.44. The van der Waals surface area contributed by atoms with Crippen LogP contribution in [0.3, 0.4) is 0 Å². The Morgan fingerprint density at radius 3 is 2.27 bits per heavy atom. The van der Waals surface area contributed by atoms with Crippen LogP contribution in [0.15, 0.2) is 12.1 Å². The molecule has 3 rings (SSSR count). The number of carbonyl (C=O) groups is 2. The van der Waals surface area contributed by atoms with Crippen LogP contribution in [0.4, 0.5) is 13.2 Å². The van der Waals surface area contributed by atoms with E-state index in [9.17, 15) is 27.9 Å². The smallest absolute Gasteiger partial charge is 0.310 e. The second-order valence-corrected chi connectivity index (χ2v) is 6.86. The third kappa shape index (κ3) is 3.18. The fourth-order valence-corrected chi connectivity index (χ4v) is 4.03. The van der Waals surface area contributed by atoms with Crippen molar-refractivity contribution >= 4 is 11.9 Å². The van der Waals surface area contributed by atoms with Gasteiger partial charge in [0, 0.05) is 26.3 Å². The molecule has 8 heteroatoms. The zero-order valence-electron chi connectivity index (χ0n) is 14.1. The first kappa shape index (κ1) is 18.7. The maximum absolute atomic E-state index is 13.8. The molecule has 2 aliphatic heterocycles. The molecular formula is C18H20F3NO4. The number of likely N-dealkylation sites (tertiary alicyclic amines) is 1. The Morgan fingerprint density at radius 2 is 1.69 bits per heavy atom. The van der Waals surface area contributed by atoms with Gasteiger partial charge >= 0.3 is 5.97 Å². The second-order valence-electron chi connectivity index (χ2n) is 6.86. The lowest BCUT2D eigenvalue weighted by molar-refractivity contribution is -0.162. The first-order valence-corrected chi connectivity index (χ1v) is 8.61. The Labute approximate surface area is 148 Å². The van der Waals surface area contributed by atoms with Gasteiger partial charge in [-0.15, -0.1) is 0 Å². The van der Waals surface area contributed by atoms with Crippen molar-refractivity contribution in [3.05, 3.63) is 35.1 Å². The molecule has 26 heavy (non-hydrogen) atoms. The summed E-state index contributed by atoms with van der Waals surface area (Å²) in [5.41, 5.74) is -1.37. The van der Waals surface area contributed by atoms with Gasteiger partial charge < -0.3 is 14.7 Å². The minimum absolute atomic E-state index is 0.109. The van der Waals surface area contributed by atoms with Crippen LogP contribution >= 0.6 is 0 Å². The molecule has 0 aromatic heterocycles. The van der Waals surface area contributed by atoms with Gasteiger partial charge in [0.1, 0.15) is 0 Å². The highest BCUT2D eigenvalue weighted by molar-refractivity contribution is 5.94. The number of carbonyl (C=O) groups excluding carboxylic acids is 1. The number of halogens is 3. The minimum atomic E-state index is -1.67. The van der Waals surface area contributed by atoms with Crippen molar-refractivity contribution in [1.29, 1.82) is 0 Å². The van der Waals surface area contributed by atoms with Gasteiger partial charge in [-0.1, -0.05) is 0 Å². The highest BCUT2D eigenvalue weighted by Gasteiger charge is 2.48. The Bertz CT molecular complexity index is 711. The van der Waals surface area contributed by atoms with Crippen molar-refractivity contribution < 1.29 is 32.6 Å². The van der Waals surface area contributed by atoms with Crippen molar-refractivity contribution in [1.82, 2.24) is 4.90 Å². The van der Waals surface area contributed by atoms with E-state index in [-0.39, 0.29) is 19.0 Å². The molecule has 5 nitrogen and oxygen atoms in total. The SMILES string of the molecule is O=C(c1ccc(F)c(F)c1F)N1CCC(C2(C(=O)O)CCOCC2)CC1. The normalized spacial score (nSPS) is 20.8. The van der Waals surface area contributed by atoms with Crippen LogP contribution < -0.4 is 0 Å². The highest BCUT2D eigenvalue weighted by Crippen LogP contribution is 2.43. The summed E-state index contributed by atoms with van der Waals surface area (Å²) in [6.07, 6.45) is 1.78. The van der Waals surface area contributed by atoms with Crippen molar-refractivity contribution in [2.75, 3.05) is 26.3 Å². The summed E-state index contributed by atoms with van der Waals surface area (Å²) >= 11 is 0. The molecule has 142 valence electrons. The van der Waals surface area contributed by atoms with E-state index in [0.29, 0.717) is 38.9 Å². The van der Waals surface area contributed by atoms with Gasteiger partial charge in [0.25, 0.3) is 5.91 Å². The van der Waals surface area contributed by atoms with Gasteiger partial charge in [-0.25, -0.2) is 13.2 Å². The molecule has 1 amide bonds. The van der Waals surface area contributed by atoms with E-state index in [1.807, 2.05) is 0 Å². The summed E-state index contributed by atoms with van der Waals surface area (Å²) in [7, 11) is 0. The predicted octanol–water partition coefficient (Wildman–Crippen LogP) is 2.84. The van der Waals surface area contributed by atoms with E-state index in [4.69, 9.17) is 4.74 Å². The van der Waals surface area contributed by atoms with E-state index in [2.05, 4.69) is 0 Å². The molecule has 0 bridgehead atoms. The molecule has 2 heterocycles. The minimum Gasteiger partial charge on any atom is -0.481 e. The number of amides is 1. The predicted molar refractivity (Wildman–Crippen MR) is 85.1 cm³/mol. The standard InChI is InChI=1S/C18H20F3NO4/c19-13-2-1-12(14(20)15(13)21)16(23)22-7-3-11(4-8-22)18(17(24)25)5-9-26-10-6-18/h1-2,11H,3-10H2,(H,24,25). The first-order valence-electron chi connectivity index (χ1n) is 8.61. The summed E-state index contributed by atoms with van der Waals surface area (Å²) < 4.78 is 45.5. The fourth-order valence-electron chi connectivity index (χ4n) is 4.03. The number of hydrogen-bond donors (Lipinski definition) is 1. The van der Waals surface area contributed by atoms with Crippen molar-refractivity contribution in [2.24, 2.45) is 11.3 Å². The zero-order chi connectivity index (χ0) is 18.9. The molecule has 0 spiro atoms. The summed E-state index contributed by atoms with van der Waals surface area (Å²) in [5.74, 6) is -6.18. The number of nitrogens with zero attached hydrogens (tertiary/aromatic N) is 1. The third-order valence-electron chi connectivity index (χ3n) is 5.64. The maximum atomic E-state index is 13.8. The number of ether oxygens (including phenoxy) is 1. The van der Waals surface area contributed by atoms with Crippen molar-refractivity contribution in [2.45, 2.75) is 25.7 Å². The average Bonchev–Trinajstić information content (AvgIpc) is 2.66. The van der Waals surface area contributed by atoms with Crippen LogP contribution in [0.1, 0.15) is 36.0 Å². The van der Waals surface area contributed by atoms with Gasteiger partial charge in [0.15, 0.2) is 17.5 Å². The van der Waals surface area contributed by atoms with Crippen LogP contribution in [0.5, 0.6) is 0 Å². The second kappa shape index (κ2) is 7.26.